The van der Waals surface area contributed by atoms with E-state index in [0.717, 1.165) is 12.2 Å². The Kier molecular flexibility index (Phi) is 3.97. The molecule has 0 bridgehead atoms. The van der Waals surface area contributed by atoms with Crippen LogP contribution >= 0.6 is 27.5 Å². The van der Waals surface area contributed by atoms with E-state index in [9.17, 15) is 0 Å². The highest BCUT2D eigenvalue weighted by molar-refractivity contribution is 9.10. The summed E-state index contributed by atoms with van der Waals surface area (Å²) in [6.07, 6.45) is 2.53. The Morgan fingerprint density at radius 3 is 3.00 bits per heavy atom. The van der Waals surface area contributed by atoms with E-state index in [1.165, 1.54) is 5.56 Å². The van der Waals surface area contributed by atoms with E-state index >= 15 is 0 Å². The van der Waals surface area contributed by atoms with Crippen LogP contribution in [0.15, 0.2) is 34.9 Å². The molecule has 2 aromatic rings. The molecule has 88 valence electrons. The minimum atomic E-state index is 0.162. The van der Waals surface area contributed by atoms with Gasteiger partial charge in [0.05, 0.1) is 4.47 Å². The molecule has 0 aliphatic carbocycles. The quantitative estimate of drug-likeness (QED) is 0.795. The van der Waals surface area contributed by atoms with Gasteiger partial charge >= 0.3 is 0 Å². The van der Waals surface area contributed by atoms with Crippen LogP contribution < -0.4 is 4.74 Å². The Morgan fingerprint density at radius 1 is 1.41 bits per heavy atom. The van der Waals surface area contributed by atoms with Crippen LogP contribution in [-0.2, 0) is 6.42 Å². The monoisotopic (exact) mass is 312 g/mol. The fraction of sp³-hybridized carbons (Fsp3) is 0.167. The summed E-state index contributed by atoms with van der Waals surface area (Å²) in [5.74, 6) is 1.15. The first-order valence-electron chi connectivity index (χ1n) is 5.14. The highest BCUT2D eigenvalue weighted by Crippen LogP contribution is 2.28. The molecular formula is C12H10BrClN2O. The predicted molar refractivity (Wildman–Crippen MR) is 70.6 cm³/mol. The van der Waals surface area contributed by atoms with E-state index in [0.29, 0.717) is 10.4 Å². The van der Waals surface area contributed by atoms with Crippen LogP contribution in [0.5, 0.6) is 11.6 Å². The average Bonchev–Trinajstić information content (AvgIpc) is 2.34. The van der Waals surface area contributed by atoms with E-state index in [-0.39, 0.29) is 5.28 Å². The molecule has 0 unspecified atom stereocenters. The molecule has 2 rings (SSSR count). The Balaban J connectivity index is 2.27. The van der Waals surface area contributed by atoms with Gasteiger partial charge in [0, 0.05) is 6.20 Å². The molecule has 0 radical (unpaired) electrons. The van der Waals surface area contributed by atoms with E-state index in [2.05, 4.69) is 38.9 Å². The highest BCUT2D eigenvalue weighted by atomic mass is 79.9. The Labute approximate surface area is 113 Å². The zero-order valence-corrected chi connectivity index (χ0v) is 11.5. The smallest absolute Gasteiger partial charge is 0.237 e. The lowest BCUT2D eigenvalue weighted by atomic mass is 10.2. The molecule has 1 heterocycles. The van der Waals surface area contributed by atoms with Gasteiger partial charge in [0.15, 0.2) is 0 Å². The molecule has 0 spiro atoms. The van der Waals surface area contributed by atoms with Gasteiger partial charge in [-0.15, -0.1) is 0 Å². The van der Waals surface area contributed by atoms with Gasteiger partial charge in [0.1, 0.15) is 5.75 Å². The topological polar surface area (TPSA) is 35.0 Å². The van der Waals surface area contributed by atoms with Crippen molar-refractivity contribution in [2.75, 3.05) is 0 Å². The highest BCUT2D eigenvalue weighted by Gasteiger charge is 2.06. The van der Waals surface area contributed by atoms with Gasteiger partial charge < -0.3 is 4.74 Å². The molecule has 17 heavy (non-hydrogen) atoms. The Morgan fingerprint density at radius 2 is 2.24 bits per heavy atom. The van der Waals surface area contributed by atoms with Crippen molar-refractivity contribution < 1.29 is 4.74 Å². The van der Waals surface area contributed by atoms with Gasteiger partial charge in [-0.3, -0.25) is 0 Å². The molecule has 0 N–H and O–H groups in total. The molecule has 0 saturated carbocycles. The Bertz CT molecular complexity index is 534. The van der Waals surface area contributed by atoms with Crippen LogP contribution in [0.2, 0.25) is 5.28 Å². The first-order chi connectivity index (χ1) is 8.19. The van der Waals surface area contributed by atoms with E-state index in [1.54, 1.807) is 6.20 Å². The third kappa shape index (κ3) is 3.17. The van der Waals surface area contributed by atoms with Crippen molar-refractivity contribution in [1.29, 1.82) is 0 Å². The number of rotatable bonds is 3. The van der Waals surface area contributed by atoms with Crippen molar-refractivity contribution in [3.8, 4) is 11.6 Å². The fourth-order valence-corrected chi connectivity index (χ4v) is 1.74. The maximum Gasteiger partial charge on any atom is 0.237 e. The molecule has 0 aliphatic rings. The van der Waals surface area contributed by atoms with Crippen molar-refractivity contribution >= 4 is 27.5 Å². The number of nitrogens with zero attached hydrogens (tertiary/aromatic N) is 2. The maximum absolute atomic E-state index is 5.72. The van der Waals surface area contributed by atoms with Crippen molar-refractivity contribution in [3.63, 3.8) is 0 Å². The normalized spacial score (nSPS) is 10.3. The maximum atomic E-state index is 5.72. The zero-order chi connectivity index (χ0) is 12.3. The summed E-state index contributed by atoms with van der Waals surface area (Å²) in [5, 5.41) is 0.162. The van der Waals surface area contributed by atoms with E-state index < -0.39 is 0 Å². The second-order valence-corrected chi connectivity index (χ2v) is 4.59. The van der Waals surface area contributed by atoms with Crippen molar-refractivity contribution in [2.45, 2.75) is 13.3 Å². The number of aromatic nitrogens is 2. The summed E-state index contributed by atoms with van der Waals surface area (Å²) in [6.45, 7) is 2.09. The third-order valence-electron chi connectivity index (χ3n) is 2.20. The van der Waals surface area contributed by atoms with Crippen LogP contribution in [0.3, 0.4) is 0 Å². The molecule has 0 saturated heterocycles. The van der Waals surface area contributed by atoms with Crippen molar-refractivity contribution in [1.82, 2.24) is 9.97 Å². The van der Waals surface area contributed by atoms with Crippen LogP contribution in [0.4, 0.5) is 0 Å². The molecule has 1 aromatic carbocycles. The number of ether oxygens (including phenoxy) is 1. The van der Waals surface area contributed by atoms with Gasteiger partial charge in [-0.05, 0) is 51.6 Å². The van der Waals surface area contributed by atoms with E-state index in [4.69, 9.17) is 16.3 Å². The molecule has 3 nitrogen and oxygen atoms in total. The molecule has 0 fully saturated rings. The van der Waals surface area contributed by atoms with Gasteiger partial charge in [-0.1, -0.05) is 19.1 Å². The van der Waals surface area contributed by atoms with Crippen molar-refractivity contribution in [3.05, 3.63) is 45.8 Å². The average molecular weight is 314 g/mol. The summed E-state index contributed by atoms with van der Waals surface area (Å²) in [7, 11) is 0. The SMILES string of the molecule is CCc1cccc(Oc2nc(Cl)ncc2Br)c1. The lowest BCUT2D eigenvalue weighted by Crippen LogP contribution is -1.92. The van der Waals surface area contributed by atoms with Gasteiger partial charge in [-0.2, -0.15) is 4.98 Å². The molecule has 0 aliphatic heterocycles. The van der Waals surface area contributed by atoms with Crippen molar-refractivity contribution in [2.24, 2.45) is 0 Å². The Hall–Kier alpha value is -1.13. The molecule has 0 atom stereocenters. The fourth-order valence-electron chi connectivity index (χ4n) is 1.34. The van der Waals surface area contributed by atoms with Crippen LogP contribution in [0.1, 0.15) is 12.5 Å². The number of hydrogen-bond donors (Lipinski definition) is 0. The summed E-state index contributed by atoms with van der Waals surface area (Å²) < 4.78 is 6.32. The second kappa shape index (κ2) is 5.47. The third-order valence-corrected chi connectivity index (χ3v) is 2.93. The van der Waals surface area contributed by atoms with Gasteiger partial charge in [0.25, 0.3) is 0 Å². The zero-order valence-electron chi connectivity index (χ0n) is 9.15. The number of aryl methyl sites for hydroxylation is 1. The molecule has 5 heteroatoms. The minimum absolute atomic E-state index is 0.162. The molecular weight excluding hydrogens is 304 g/mol. The number of halogens is 2. The largest absolute Gasteiger partial charge is 0.438 e. The van der Waals surface area contributed by atoms with Crippen LogP contribution in [0.25, 0.3) is 0 Å². The molecule has 1 aromatic heterocycles. The van der Waals surface area contributed by atoms with Gasteiger partial charge in [0.2, 0.25) is 11.2 Å². The lowest BCUT2D eigenvalue weighted by molar-refractivity contribution is 0.457. The summed E-state index contributed by atoms with van der Waals surface area (Å²) in [6, 6.07) is 7.85. The second-order valence-electron chi connectivity index (χ2n) is 3.40. The summed E-state index contributed by atoms with van der Waals surface area (Å²) in [4.78, 5) is 7.85. The number of hydrogen-bond acceptors (Lipinski definition) is 3. The van der Waals surface area contributed by atoms with Gasteiger partial charge in [-0.25, -0.2) is 4.98 Å². The summed E-state index contributed by atoms with van der Waals surface area (Å²) in [5.41, 5.74) is 1.21. The minimum Gasteiger partial charge on any atom is -0.438 e. The number of benzene rings is 1. The lowest BCUT2D eigenvalue weighted by Gasteiger charge is -2.07. The predicted octanol–water partition coefficient (Wildman–Crippen LogP) is 4.25. The molecule has 0 amide bonds. The van der Waals surface area contributed by atoms with Crippen LogP contribution in [0, 0.1) is 0 Å². The van der Waals surface area contributed by atoms with E-state index in [1.807, 2.05) is 18.2 Å². The van der Waals surface area contributed by atoms with Crippen LogP contribution in [-0.4, -0.2) is 9.97 Å². The first kappa shape index (κ1) is 12.3. The first-order valence-corrected chi connectivity index (χ1v) is 6.31. The summed E-state index contributed by atoms with van der Waals surface area (Å²) >= 11 is 9.03. The standard InChI is InChI=1S/C12H10BrClN2O/c1-2-8-4-3-5-9(6-8)17-11-10(13)7-15-12(14)16-11/h3-7H,2H2,1H3.